The average Bonchev–Trinajstić information content (AvgIpc) is 2.17. The minimum Gasteiger partial charge on any atom is -0.368 e. The van der Waals surface area contributed by atoms with Crippen LogP contribution in [0, 0.1) is 0 Å². The second kappa shape index (κ2) is 4.35. The molecule has 15 heavy (non-hydrogen) atoms. The van der Waals surface area contributed by atoms with Crippen molar-refractivity contribution in [3.05, 3.63) is 46.5 Å². The lowest BCUT2D eigenvalue weighted by Gasteiger charge is -2.01. The summed E-state index contributed by atoms with van der Waals surface area (Å²) in [6.45, 7) is 0. The van der Waals surface area contributed by atoms with E-state index in [4.69, 9.17) is 5.73 Å². The van der Waals surface area contributed by atoms with Gasteiger partial charge < -0.3 is 5.73 Å². The molecule has 5 heteroatoms. The molecule has 2 aromatic rings. The number of anilines is 1. The molecule has 2 rings (SSSR count). The maximum absolute atomic E-state index is 5.47. The highest BCUT2D eigenvalue weighted by Crippen LogP contribution is 2.13. The van der Waals surface area contributed by atoms with Crippen molar-refractivity contribution in [1.82, 2.24) is 15.0 Å². The fourth-order valence-corrected chi connectivity index (χ4v) is 1.71. The lowest BCUT2D eigenvalue weighted by atomic mass is 10.1. The van der Waals surface area contributed by atoms with Gasteiger partial charge in [0.15, 0.2) is 0 Å². The standard InChI is InChI=1S/C10H9BrN4/c11-8-3-1-2-7(4-8)5-9-13-6-14-10(12)15-9/h1-4,6H,5H2,(H2,12,13,14,15). The van der Waals surface area contributed by atoms with Crippen molar-refractivity contribution in [1.29, 1.82) is 0 Å². The molecule has 0 atom stereocenters. The highest BCUT2D eigenvalue weighted by molar-refractivity contribution is 9.10. The van der Waals surface area contributed by atoms with Crippen LogP contribution in [-0.2, 0) is 6.42 Å². The molecule has 0 spiro atoms. The molecule has 0 aliphatic heterocycles. The highest BCUT2D eigenvalue weighted by atomic mass is 79.9. The van der Waals surface area contributed by atoms with Gasteiger partial charge in [-0.3, -0.25) is 0 Å². The van der Waals surface area contributed by atoms with Crippen LogP contribution < -0.4 is 5.73 Å². The number of aromatic nitrogens is 3. The van der Waals surface area contributed by atoms with E-state index in [1.54, 1.807) is 0 Å². The SMILES string of the molecule is Nc1ncnc(Cc2cccc(Br)c2)n1. The summed E-state index contributed by atoms with van der Waals surface area (Å²) in [6.07, 6.45) is 2.09. The number of benzene rings is 1. The van der Waals surface area contributed by atoms with Crippen LogP contribution in [0.3, 0.4) is 0 Å². The molecule has 0 fully saturated rings. The average molecular weight is 265 g/mol. The quantitative estimate of drug-likeness (QED) is 0.899. The van der Waals surface area contributed by atoms with Gasteiger partial charge in [0.2, 0.25) is 5.95 Å². The Balaban J connectivity index is 2.22. The van der Waals surface area contributed by atoms with Crippen molar-refractivity contribution in [2.75, 3.05) is 5.73 Å². The molecule has 0 saturated carbocycles. The van der Waals surface area contributed by atoms with Gasteiger partial charge in [0, 0.05) is 10.9 Å². The van der Waals surface area contributed by atoms with Crippen LogP contribution in [-0.4, -0.2) is 15.0 Å². The Morgan fingerprint density at radius 3 is 2.87 bits per heavy atom. The number of hydrogen-bond donors (Lipinski definition) is 1. The third kappa shape index (κ3) is 2.73. The largest absolute Gasteiger partial charge is 0.368 e. The van der Waals surface area contributed by atoms with Gasteiger partial charge in [0.05, 0.1) is 0 Å². The Bertz CT molecular complexity index is 429. The summed E-state index contributed by atoms with van der Waals surface area (Å²) in [5.74, 6) is 0.940. The van der Waals surface area contributed by atoms with Crippen LogP contribution in [0.25, 0.3) is 0 Å². The van der Waals surface area contributed by atoms with Gasteiger partial charge in [-0.15, -0.1) is 0 Å². The summed E-state index contributed by atoms with van der Waals surface area (Å²) < 4.78 is 1.04. The molecular formula is C10H9BrN4. The second-order valence-electron chi connectivity index (χ2n) is 3.07. The molecule has 0 saturated heterocycles. The maximum atomic E-state index is 5.47. The molecule has 1 aromatic carbocycles. The summed E-state index contributed by atoms with van der Waals surface area (Å²) in [5, 5.41) is 0. The molecule has 0 aliphatic carbocycles. The molecule has 0 aliphatic rings. The smallest absolute Gasteiger partial charge is 0.223 e. The van der Waals surface area contributed by atoms with E-state index in [1.807, 2.05) is 24.3 Å². The summed E-state index contributed by atoms with van der Waals surface area (Å²) in [6, 6.07) is 8.00. The molecule has 1 heterocycles. The van der Waals surface area contributed by atoms with Gasteiger partial charge in [0.25, 0.3) is 0 Å². The van der Waals surface area contributed by atoms with Gasteiger partial charge in [-0.2, -0.15) is 4.98 Å². The van der Waals surface area contributed by atoms with Crippen molar-refractivity contribution in [2.45, 2.75) is 6.42 Å². The Morgan fingerprint density at radius 2 is 2.13 bits per heavy atom. The molecule has 76 valence electrons. The normalized spacial score (nSPS) is 10.2. The zero-order valence-electron chi connectivity index (χ0n) is 7.89. The topological polar surface area (TPSA) is 64.7 Å². The minimum atomic E-state index is 0.259. The van der Waals surface area contributed by atoms with Crippen molar-refractivity contribution < 1.29 is 0 Å². The summed E-state index contributed by atoms with van der Waals surface area (Å²) >= 11 is 3.41. The zero-order valence-corrected chi connectivity index (χ0v) is 9.48. The molecule has 0 unspecified atom stereocenters. The fourth-order valence-electron chi connectivity index (χ4n) is 1.26. The molecule has 0 bridgehead atoms. The van der Waals surface area contributed by atoms with E-state index >= 15 is 0 Å². The van der Waals surface area contributed by atoms with E-state index in [0.717, 1.165) is 10.0 Å². The molecule has 0 amide bonds. The van der Waals surface area contributed by atoms with Gasteiger partial charge in [0.1, 0.15) is 12.2 Å². The van der Waals surface area contributed by atoms with Crippen molar-refractivity contribution in [2.24, 2.45) is 0 Å². The molecule has 4 nitrogen and oxygen atoms in total. The molecule has 2 N–H and O–H groups in total. The van der Waals surface area contributed by atoms with Gasteiger partial charge in [-0.1, -0.05) is 28.1 Å². The first-order valence-corrected chi connectivity index (χ1v) is 5.21. The van der Waals surface area contributed by atoms with E-state index in [-0.39, 0.29) is 5.95 Å². The van der Waals surface area contributed by atoms with Gasteiger partial charge in [-0.05, 0) is 17.7 Å². The monoisotopic (exact) mass is 264 g/mol. The first kappa shape index (κ1) is 10.0. The highest BCUT2D eigenvalue weighted by Gasteiger charge is 2.00. The fraction of sp³-hybridized carbons (Fsp3) is 0.100. The predicted octanol–water partition coefficient (Wildman–Crippen LogP) is 1.81. The van der Waals surface area contributed by atoms with E-state index in [2.05, 4.69) is 30.9 Å². The van der Waals surface area contributed by atoms with Crippen molar-refractivity contribution in [3.8, 4) is 0 Å². The van der Waals surface area contributed by atoms with Crippen molar-refractivity contribution in [3.63, 3.8) is 0 Å². The predicted molar refractivity (Wildman–Crippen MR) is 61.2 cm³/mol. The Morgan fingerprint density at radius 1 is 1.27 bits per heavy atom. The first-order chi connectivity index (χ1) is 7.24. The van der Waals surface area contributed by atoms with Gasteiger partial charge in [-0.25, -0.2) is 9.97 Å². The van der Waals surface area contributed by atoms with E-state index in [1.165, 1.54) is 6.33 Å². The molecule has 1 aromatic heterocycles. The Hall–Kier alpha value is -1.49. The molecular weight excluding hydrogens is 256 g/mol. The van der Waals surface area contributed by atoms with E-state index in [9.17, 15) is 0 Å². The number of rotatable bonds is 2. The van der Waals surface area contributed by atoms with Gasteiger partial charge >= 0.3 is 0 Å². The van der Waals surface area contributed by atoms with Crippen LogP contribution in [0.4, 0.5) is 5.95 Å². The minimum absolute atomic E-state index is 0.259. The molecule has 0 radical (unpaired) electrons. The second-order valence-corrected chi connectivity index (χ2v) is 3.98. The van der Waals surface area contributed by atoms with E-state index < -0.39 is 0 Å². The lowest BCUT2D eigenvalue weighted by molar-refractivity contribution is 0.928. The zero-order chi connectivity index (χ0) is 10.7. The van der Waals surface area contributed by atoms with Crippen LogP contribution in [0.1, 0.15) is 11.4 Å². The first-order valence-electron chi connectivity index (χ1n) is 4.42. The summed E-state index contributed by atoms with van der Waals surface area (Å²) in [4.78, 5) is 11.8. The van der Waals surface area contributed by atoms with Crippen LogP contribution in [0.15, 0.2) is 35.1 Å². The third-order valence-corrected chi connectivity index (χ3v) is 2.38. The number of nitrogens with two attached hydrogens (primary N) is 1. The van der Waals surface area contributed by atoms with Crippen LogP contribution >= 0.6 is 15.9 Å². The third-order valence-electron chi connectivity index (χ3n) is 1.89. The van der Waals surface area contributed by atoms with Crippen LogP contribution in [0.5, 0.6) is 0 Å². The Labute approximate surface area is 95.7 Å². The Kier molecular flexibility index (Phi) is 2.91. The number of hydrogen-bond acceptors (Lipinski definition) is 4. The van der Waals surface area contributed by atoms with E-state index in [0.29, 0.717) is 12.2 Å². The number of nitrogen functional groups attached to an aromatic ring is 1. The number of nitrogens with zero attached hydrogens (tertiary/aromatic N) is 3. The summed E-state index contributed by atoms with van der Waals surface area (Å²) in [5.41, 5.74) is 6.60. The van der Waals surface area contributed by atoms with Crippen molar-refractivity contribution >= 4 is 21.9 Å². The van der Waals surface area contributed by atoms with Crippen LogP contribution in [0.2, 0.25) is 0 Å². The lowest BCUT2D eigenvalue weighted by Crippen LogP contribution is -2.02. The maximum Gasteiger partial charge on any atom is 0.223 e. The number of halogens is 1. The summed E-state index contributed by atoms with van der Waals surface area (Å²) in [7, 11) is 0.